The lowest BCUT2D eigenvalue weighted by Gasteiger charge is -2.07. The third kappa shape index (κ3) is 3.29. The third-order valence-corrected chi connectivity index (χ3v) is 2.95. The Morgan fingerprint density at radius 2 is 2.11 bits per heavy atom. The van der Waals surface area contributed by atoms with E-state index in [2.05, 4.69) is 31.5 Å². The van der Waals surface area contributed by atoms with E-state index in [1.165, 1.54) is 18.3 Å². The summed E-state index contributed by atoms with van der Waals surface area (Å²) in [6.45, 7) is 0. The molecule has 1 heterocycles. The van der Waals surface area contributed by atoms with Crippen molar-refractivity contribution in [1.29, 1.82) is 0 Å². The molecule has 2 aromatic rings. The third-order valence-electron chi connectivity index (χ3n) is 2.46. The Morgan fingerprint density at radius 3 is 2.79 bits per heavy atom. The number of aromatic nitrogens is 1. The van der Waals surface area contributed by atoms with Crippen molar-refractivity contribution in [2.24, 2.45) is 0 Å². The summed E-state index contributed by atoms with van der Waals surface area (Å²) in [5.41, 5.74) is 1.09. The topological polar surface area (TPSA) is 54.0 Å². The Hall–Kier alpha value is -1.95. The standard InChI is InChI=1S/C13H11BrFN3O/c1-16-9-4-5-17-12(7-9)13(19)18-11-3-2-8(14)6-10(11)15/h2-7H,1H3,(H,16,17)(H,18,19). The highest BCUT2D eigenvalue weighted by molar-refractivity contribution is 9.10. The molecule has 1 aromatic heterocycles. The van der Waals surface area contributed by atoms with Crippen molar-refractivity contribution < 1.29 is 9.18 Å². The van der Waals surface area contributed by atoms with Gasteiger partial charge in [-0.15, -0.1) is 0 Å². The minimum absolute atomic E-state index is 0.116. The number of hydrogen-bond acceptors (Lipinski definition) is 3. The van der Waals surface area contributed by atoms with Crippen molar-refractivity contribution in [2.45, 2.75) is 0 Å². The molecule has 6 heteroatoms. The van der Waals surface area contributed by atoms with Gasteiger partial charge in [-0.05, 0) is 30.3 Å². The first-order valence-corrected chi connectivity index (χ1v) is 6.29. The molecule has 0 saturated carbocycles. The van der Waals surface area contributed by atoms with E-state index in [0.717, 1.165) is 5.69 Å². The predicted octanol–water partition coefficient (Wildman–Crippen LogP) is 3.28. The van der Waals surface area contributed by atoms with Crippen LogP contribution in [-0.4, -0.2) is 17.9 Å². The number of benzene rings is 1. The molecule has 0 saturated heterocycles. The normalized spacial score (nSPS) is 10.1. The second-order valence-electron chi connectivity index (χ2n) is 3.76. The van der Waals surface area contributed by atoms with E-state index in [0.29, 0.717) is 4.47 Å². The maximum atomic E-state index is 13.6. The molecule has 0 bridgehead atoms. The molecule has 1 aromatic carbocycles. The molecule has 0 atom stereocenters. The maximum Gasteiger partial charge on any atom is 0.274 e. The summed E-state index contributed by atoms with van der Waals surface area (Å²) < 4.78 is 14.2. The number of amides is 1. The fraction of sp³-hybridized carbons (Fsp3) is 0.0769. The highest BCUT2D eigenvalue weighted by Crippen LogP contribution is 2.20. The molecule has 0 spiro atoms. The van der Waals surface area contributed by atoms with Gasteiger partial charge in [0, 0.05) is 23.4 Å². The van der Waals surface area contributed by atoms with E-state index in [4.69, 9.17) is 0 Å². The summed E-state index contributed by atoms with van der Waals surface area (Å²) in [7, 11) is 1.74. The van der Waals surface area contributed by atoms with Crippen molar-refractivity contribution in [2.75, 3.05) is 17.7 Å². The molecule has 4 nitrogen and oxygen atoms in total. The van der Waals surface area contributed by atoms with Crippen molar-refractivity contribution in [3.05, 3.63) is 52.5 Å². The van der Waals surface area contributed by atoms with E-state index in [9.17, 15) is 9.18 Å². The Kier molecular flexibility index (Phi) is 4.11. The second kappa shape index (κ2) is 5.79. The Bertz CT molecular complexity index is 619. The van der Waals surface area contributed by atoms with Crippen LogP contribution in [0.4, 0.5) is 15.8 Å². The smallest absolute Gasteiger partial charge is 0.274 e. The first-order valence-electron chi connectivity index (χ1n) is 5.50. The molecule has 1 amide bonds. The highest BCUT2D eigenvalue weighted by atomic mass is 79.9. The van der Waals surface area contributed by atoms with Crippen LogP contribution in [0.25, 0.3) is 0 Å². The summed E-state index contributed by atoms with van der Waals surface area (Å²) in [6, 6.07) is 7.74. The lowest BCUT2D eigenvalue weighted by molar-refractivity contribution is 0.102. The Morgan fingerprint density at radius 1 is 1.32 bits per heavy atom. The van der Waals surface area contributed by atoms with Crippen molar-refractivity contribution in [1.82, 2.24) is 4.98 Å². The van der Waals surface area contributed by atoms with Crippen LogP contribution in [0.2, 0.25) is 0 Å². The minimum atomic E-state index is -0.507. The molecule has 0 unspecified atom stereocenters. The van der Waals surface area contributed by atoms with Crippen molar-refractivity contribution >= 4 is 33.2 Å². The van der Waals surface area contributed by atoms with Gasteiger partial charge in [0.2, 0.25) is 0 Å². The average Bonchev–Trinajstić information content (AvgIpc) is 2.42. The van der Waals surface area contributed by atoms with Crippen LogP contribution in [0.3, 0.4) is 0 Å². The monoisotopic (exact) mass is 323 g/mol. The summed E-state index contributed by atoms with van der Waals surface area (Å²) in [4.78, 5) is 15.9. The van der Waals surface area contributed by atoms with Crippen LogP contribution in [-0.2, 0) is 0 Å². The van der Waals surface area contributed by atoms with Gasteiger partial charge in [0.05, 0.1) is 5.69 Å². The van der Waals surface area contributed by atoms with E-state index in [1.54, 1.807) is 25.2 Å². The van der Waals surface area contributed by atoms with Gasteiger partial charge >= 0.3 is 0 Å². The number of hydrogen-bond donors (Lipinski definition) is 2. The minimum Gasteiger partial charge on any atom is -0.388 e. The summed E-state index contributed by atoms with van der Waals surface area (Å²) >= 11 is 3.15. The molecule has 0 aliphatic rings. The summed E-state index contributed by atoms with van der Waals surface area (Å²) in [5.74, 6) is -0.967. The number of halogens is 2. The number of rotatable bonds is 3. The van der Waals surface area contributed by atoms with Gasteiger partial charge in [0.1, 0.15) is 11.5 Å². The van der Waals surface area contributed by atoms with Gasteiger partial charge in [-0.2, -0.15) is 0 Å². The lowest BCUT2D eigenvalue weighted by atomic mass is 10.2. The molecular weight excluding hydrogens is 313 g/mol. The molecule has 98 valence electrons. The maximum absolute atomic E-state index is 13.6. The number of nitrogens with zero attached hydrogens (tertiary/aromatic N) is 1. The molecule has 0 radical (unpaired) electrons. The van der Waals surface area contributed by atoms with Gasteiger partial charge < -0.3 is 10.6 Å². The fourth-order valence-corrected chi connectivity index (χ4v) is 1.82. The highest BCUT2D eigenvalue weighted by Gasteiger charge is 2.11. The zero-order valence-corrected chi connectivity index (χ0v) is 11.7. The van der Waals surface area contributed by atoms with E-state index < -0.39 is 11.7 Å². The van der Waals surface area contributed by atoms with Crippen LogP contribution in [0.5, 0.6) is 0 Å². The quantitative estimate of drug-likeness (QED) is 0.911. The number of pyridine rings is 1. The lowest BCUT2D eigenvalue weighted by Crippen LogP contribution is -2.14. The second-order valence-corrected chi connectivity index (χ2v) is 4.67. The summed E-state index contributed by atoms with van der Waals surface area (Å²) in [5, 5.41) is 5.38. The van der Waals surface area contributed by atoms with Gasteiger partial charge in [0.15, 0.2) is 0 Å². The molecule has 0 aliphatic carbocycles. The molecule has 2 rings (SSSR count). The van der Waals surface area contributed by atoms with Crippen LogP contribution < -0.4 is 10.6 Å². The molecular formula is C13H11BrFN3O. The number of carbonyl (C=O) groups excluding carboxylic acids is 1. The average molecular weight is 324 g/mol. The van der Waals surface area contributed by atoms with Crippen LogP contribution in [0, 0.1) is 5.82 Å². The number of carbonyl (C=O) groups is 1. The number of nitrogens with one attached hydrogen (secondary N) is 2. The molecule has 19 heavy (non-hydrogen) atoms. The van der Waals surface area contributed by atoms with E-state index in [1.807, 2.05) is 0 Å². The van der Waals surface area contributed by atoms with Crippen LogP contribution >= 0.6 is 15.9 Å². The van der Waals surface area contributed by atoms with Crippen molar-refractivity contribution in [3.8, 4) is 0 Å². The zero-order chi connectivity index (χ0) is 13.8. The van der Waals surface area contributed by atoms with Gasteiger partial charge in [-0.3, -0.25) is 9.78 Å². The fourth-order valence-electron chi connectivity index (χ4n) is 1.49. The zero-order valence-electron chi connectivity index (χ0n) is 10.1. The van der Waals surface area contributed by atoms with E-state index in [-0.39, 0.29) is 11.4 Å². The summed E-state index contributed by atoms with van der Waals surface area (Å²) in [6.07, 6.45) is 1.51. The molecule has 0 aliphatic heterocycles. The Labute approximate surface area is 118 Å². The van der Waals surface area contributed by atoms with Crippen LogP contribution in [0.1, 0.15) is 10.5 Å². The van der Waals surface area contributed by atoms with Crippen molar-refractivity contribution in [3.63, 3.8) is 0 Å². The van der Waals surface area contributed by atoms with Gasteiger partial charge in [-0.1, -0.05) is 15.9 Å². The predicted molar refractivity (Wildman–Crippen MR) is 75.8 cm³/mol. The molecule has 0 fully saturated rings. The van der Waals surface area contributed by atoms with Crippen LogP contribution in [0.15, 0.2) is 41.0 Å². The first-order chi connectivity index (χ1) is 9.10. The first kappa shape index (κ1) is 13.5. The SMILES string of the molecule is CNc1ccnc(C(=O)Nc2ccc(Br)cc2F)c1. The van der Waals surface area contributed by atoms with Gasteiger partial charge in [0.25, 0.3) is 5.91 Å². The largest absolute Gasteiger partial charge is 0.388 e. The number of anilines is 2. The van der Waals surface area contributed by atoms with E-state index >= 15 is 0 Å². The molecule has 2 N–H and O–H groups in total. The van der Waals surface area contributed by atoms with Gasteiger partial charge in [-0.25, -0.2) is 4.39 Å². The Balaban J connectivity index is 2.20.